The molecular weight excluding hydrogens is 352 g/mol. The molecule has 0 N–H and O–H groups in total. The highest BCUT2D eigenvalue weighted by Crippen LogP contribution is 2.28. The van der Waals surface area contributed by atoms with Crippen molar-refractivity contribution in [3.8, 4) is 0 Å². The van der Waals surface area contributed by atoms with Crippen molar-refractivity contribution in [2.45, 2.75) is 51.6 Å². The van der Waals surface area contributed by atoms with Crippen LogP contribution in [0, 0.1) is 5.92 Å². The van der Waals surface area contributed by atoms with Crippen LogP contribution in [0.25, 0.3) is 11.1 Å². The predicted octanol–water partition coefficient (Wildman–Crippen LogP) is 3.38. The second-order valence-electron chi connectivity index (χ2n) is 8.56. The zero-order chi connectivity index (χ0) is 19.7. The molecule has 2 fully saturated rings. The van der Waals surface area contributed by atoms with Crippen molar-refractivity contribution in [2.75, 3.05) is 38.1 Å². The smallest absolute Gasteiger partial charge is 0.298 e. The number of hydrogen-bond donors (Lipinski definition) is 0. The van der Waals surface area contributed by atoms with Crippen molar-refractivity contribution in [1.82, 2.24) is 14.8 Å². The number of carbonyl (C=O) groups excluding carboxylic acids is 1. The molecule has 1 aromatic heterocycles. The molecule has 2 aliphatic heterocycles. The summed E-state index contributed by atoms with van der Waals surface area (Å²) in [7, 11) is 1.94. The summed E-state index contributed by atoms with van der Waals surface area (Å²) in [4.78, 5) is 24.1. The number of likely N-dealkylation sites (tertiary alicyclic amines) is 1. The van der Waals surface area contributed by atoms with E-state index in [9.17, 15) is 4.79 Å². The average molecular weight is 385 g/mol. The number of hydrogen-bond acceptors (Lipinski definition) is 5. The average Bonchev–Trinajstić information content (AvgIpc) is 3.17. The number of fused-ring (bicyclic) bond motifs is 1. The lowest BCUT2D eigenvalue weighted by atomic mass is 9.92. The van der Waals surface area contributed by atoms with Gasteiger partial charge < -0.3 is 14.2 Å². The van der Waals surface area contributed by atoms with E-state index in [-0.39, 0.29) is 12.0 Å². The van der Waals surface area contributed by atoms with Crippen LogP contribution in [0.4, 0.5) is 6.01 Å². The Hall–Kier alpha value is -2.08. The van der Waals surface area contributed by atoms with E-state index in [0.717, 1.165) is 69.0 Å². The van der Waals surface area contributed by atoms with Crippen molar-refractivity contribution in [2.24, 2.45) is 5.92 Å². The molecule has 0 radical (unpaired) electrons. The van der Waals surface area contributed by atoms with Crippen LogP contribution in [-0.4, -0.2) is 66.0 Å². The third-order valence-corrected chi connectivity index (χ3v) is 6.46. The number of piperidine rings is 2. The van der Waals surface area contributed by atoms with Crippen LogP contribution in [-0.2, 0) is 4.79 Å². The summed E-state index contributed by atoms with van der Waals surface area (Å²) < 4.78 is 5.94. The van der Waals surface area contributed by atoms with Crippen molar-refractivity contribution in [3.05, 3.63) is 24.3 Å². The standard InChI is InChI=1S/C22H32N4O2/c1-16(2)24(3)21(27)17-7-6-12-26(15-17)18-10-13-25(14-11-18)22-23-19-8-4-5-9-20(19)28-22/h4-5,8-9,16-18H,6-7,10-15H2,1-3H3/t17-/m1/s1. The van der Waals surface area contributed by atoms with Gasteiger partial charge in [0, 0.05) is 38.8 Å². The maximum absolute atomic E-state index is 12.8. The van der Waals surface area contributed by atoms with Gasteiger partial charge in [-0.2, -0.15) is 4.98 Å². The van der Waals surface area contributed by atoms with Crippen LogP contribution < -0.4 is 4.90 Å². The van der Waals surface area contributed by atoms with E-state index in [4.69, 9.17) is 4.42 Å². The molecule has 152 valence electrons. The van der Waals surface area contributed by atoms with Gasteiger partial charge in [0.15, 0.2) is 5.58 Å². The number of rotatable bonds is 4. The molecule has 1 atom stereocenters. The highest BCUT2D eigenvalue weighted by atomic mass is 16.4. The summed E-state index contributed by atoms with van der Waals surface area (Å²) >= 11 is 0. The minimum atomic E-state index is 0.149. The number of amides is 1. The number of para-hydroxylation sites is 2. The third-order valence-electron chi connectivity index (χ3n) is 6.46. The molecule has 6 nitrogen and oxygen atoms in total. The van der Waals surface area contributed by atoms with E-state index in [2.05, 4.69) is 28.6 Å². The molecule has 1 amide bonds. The van der Waals surface area contributed by atoms with Crippen LogP contribution in [0.15, 0.2) is 28.7 Å². The van der Waals surface area contributed by atoms with Gasteiger partial charge in [-0.15, -0.1) is 0 Å². The van der Waals surface area contributed by atoms with E-state index in [0.29, 0.717) is 11.9 Å². The molecule has 1 aromatic carbocycles. The number of aromatic nitrogens is 1. The first-order valence-corrected chi connectivity index (χ1v) is 10.6. The third kappa shape index (κ3) is 3.88. The van der Waals surface area contributed by atoms with Gasteiger partial charge in [0.05, 0.1) is 5.92 Å². The zero-order valence-corrected chi connectivity index (χ0v) is 17.3. The number of nitrogens with zero attached hydrogens (tertiary/aromatic N) is 4. The summed E-state index contributed by atoms with van der Waals surface area (Å²) in [6, 6.07) is 9.50. The molecule has 0 bridgehead atoms. The van der Waals surface area contributed by atoms with E-state index in [1.807, 2.05) is 36.2 Å². The molecule has 28 heavy (non-hydrogen) atoms. The quantitative estimate of drug-likeness (QED) is 0.809. The lowest BCUT2D eigenvalue weighted by molar-refractivity contribution is -0.137. The van der Waals surface area contributed by atoms with Gasteiger partial charge in [0.25, 0.3) is 6.01 Å². The Balaban J connectivity index is 1.35. The lowest BCUT2D eigenvalue weighted by Crippen LogP contribution is -2.51. The molecule has 2 saturated heterocycles. The van der Waals surface area contributed by atoms with Crippen LogP contribution in [0.3, 0.4) is 0 Å². The molecule has 0 saturated carbocycles. The Kier molecular flexibility index (Phi) is 5.58. The lowest BCUT2D eigenvalue weighted by Gasteiger charge is -2.42. The summed E-state index contributed by atoms with van der Waals surface area (Å²) in [5, 5.41) is 0. The maximum Gasteiger partial charge on any atom is 0.298 e. The summed E-state index contributed by atoms with van der Waals surface area (Å²) in [5.74, 6) is 0.458. The Morgan fingerprint density at radius 1 is 1.18 bits per heavy atom. The zero-order valence-electron chi connectivity index (χ0n) is 17.3. The fourth-order valence-corrected chi connectivity index (χ4v) is 4.50. The number of carbonyl (C=O) groups is 1. The van der Waals surface area contributed by atoms with E-state index < -0.39 is 0 Å². The van der Waals surface area contributed by atoms with Gasteiger partial charge in [0.1, 0.15) is 5.52 Å². The second-order valence-corrected chi connectivity index (χ2v) is 8.56. The monoisotopic (exact) mass is 384 g/mol. The molecule has 2 aromatic rings. The SMILES string of the molecule is CC(C)N(C)C(=O)[C@@H]1CCCN(C2CCN(c3nc4ccccc4o3)CC2)C1. The largest absolute Gasteiger partial charge is 0.423 e. The van der Waals surface area contributed by atoms with Crippen LogP contribution >= 0.6 is 0 Å². The molecular formula is C22H32N4O2. The normalized spacial score (nSPS) is 22.1. The number of oxazole rings is 1. The number of benzene rings is 1. The van der Waals surface area contributed by atoms with Gasteiger partial charge >= 0.3 is 0 Å². The molecule has 4 rings (SSSR count). The van der Waals surface area contributed by atoms with E-state index in [1.54, 1.807) is 0 Å². The Labute approximate surface area is 167 Å². The van der Waals surface area contributed by atoms with Gasteiger partial charge in [-0.05, 0) is 58.2 Å². The fraction of sp³-hybridized carbons (Fsp3) is 0.636. The highest BCUT2D eigenvalue weighted by Gasteiger charge is 2.33. The maximum atomic E-state index is 12.8. The first-order valence-electron chi connectivity index (χ1n) is 10.6. The minimum absolute atomic E-state index is 0.149. The summed E-state index contributed by atoms with van der Waals surface area (Å²) in [5.41, 5.74) is 1.78. The first kappa shape index (κ1) is 19.2. The molecule has 3 heterocycles. The molecule has 0 unspecified atom stereocenters. The molecule has 0 spiro atoms. The Bertz CT molecular complexity index is 777. The number of anilines is 1. The van der Waals surface area contributed by atoms with E-state index >= 15 is 0 Å². The van der Waals surface area contributed by atoms with Crippen molar-refractivity contribution >= 4 is 23.0 Å². The molecule has 6 heteroatoms. The summed E-state index contributed by atoms with van der Waals surface area (Å²) in [6.07, 6.45) is 4.33. The first-order chi connectivity index (χ1) is 13.5. The topological polar surface area (TPSA) is 52.8 Å². The highest BCUT2D eigenvalue weighted by molar-refractivity contribution is 5.79. The van der Waals surface area contributed by atoms with Gasteiger partial charge in [-0.25, -0.2) is 0 Å². The second kappa shape index (κ2) is 8.11. The van der Waals surface area contributed by atoms with Gasteiger partial charge in [-0.1, -0.05) is 12.1 Å². The predicted molar refractivity (Wildman–Crippen MR) is 111 cm³/mol. The van der Waals surface area contributed by atoms with Crippen molar-refractivity contribution < 1.29 is 9.21 Å². The van der Waals surface area contributed by atoms with Crippen LogP contribution in [0.1, 0.15) is 39.5 Å². The Morgan fingerprint density at radius 3 is 2.64 bits per heavy atom. The molecule has 2 aliphatic rings. The van der Waals surface area contributed by atoms with E-state index in [1.165, 1.54) is 0 Å². The molecule has 0 aliphatic carbocycles. The van der Waals surface area contributed by atoms with Crippen LogP contribution in [0.5, 0.6) is 0 Å². The fourth-order valence-electron chi connectivity index (χ4n) is 4.50. The Morgan fingerprint density at radius 2 is 1.93 bits per heavy atom. The summed E-state index contributed by atoms with van der Waals surface area (Å²) in [6.45, 7) is 8.10. The van der Waals surface area contributed by atoms with Crippen LogP contribution in [0.2, 0.25) is 0 Å². The van der Waals surface area contributed by atoms with Crippen molar-refractivity contribution in [3.63, 3.8) is 0 Å². The van der Waals surface area contributed by atoms with Gasteiger partial charge in [-0.3, -0.25) is 9.69 Å². The van der Waals surface area contributed by atoms with Crippen molar-refractivity contribution in [1.29, 1.82) is 0 Å². The van der Waals surface area contributed by atoms with Gasteiger partial charge in [0.2, 0.25) is 5.91 Å². The minimum Gasteiger partial charge on any atom is -0.423 e.